The van der Waals surface area contributed by atoms with Crippen LogP contribution in [-0.2, 0) is 9.53 Å². The first kappa shape index (κ1) is 19.7. The van der Waals surface area contributed by atoms with E-state index >= 15 is 0 Å². The van der Waals surface area contributed by atoms with Gasteiger partial charge in [0.1, 0.15) is 11.9 Å². The van der Waals surface area contributed by atoms with Gasteiger partial charge in [-0.2, -0.15) is 0 Å². The van der Waals surface area contributed by atoms with E-state index in [-0.39, 0.29) is 22.9 Å². The van der Waals surface area contributed by atoms with Gasteiger partial charge in [-0.1, -0.05) is 30.2 Å². The van der Waals surface area contributed by atoms with Crippen LogP contribution in [0.5, 0.6) is 0 Å². The van der Waals surface area contributed by atoms with Crippen LogP contribution in [0.25, 0.3) is 0 Å². The fraction of sp³-hybridized carbons (Fsp3) is 0.577. The van der Waals surface area contributed by atoms with Crippen molar-refractivity contribution < 1.29 is 14.3 Å². The molecule has 4 heteroatoms. The lowest BCUT2D eigenvalue weighted by molar-refractivity contribution is -0.126. The van der Waals surface area contributed by atoms with E-state index in [2.05, 4.69) is 31.0 Å². The first-order valence-corrected chi connectivity index (χ1v) is 11.4. The van der Waals surface area contributed by atoms with E-state index in [0.717, 1.165) is 44.1 Å². The van der Waals surface area contributed by atoms with Crippen LogP contribution in [0.4, 0.5) is 0 Å². The molecule has 0 aromatic carbocycles. The molecule has 0 amide bonds. The third-order valence-electron chi connectivity index (χ3n) is 8.74. The number of carbonyl (C=O) groups is 2. The number of carbonyl (C=O) groups excluding carboxylic acids is 2. The molecule has 2 saturated carbocycles. The normalized spacial score (nSPS) is 37.4. The third-order valence-corrected chi connectivity index (χ3v) is 8.74. The van der Waals surface area contributed by atoms with Gasteiger partial charge in [0, 0.05) is 30.7 Å². The van der Waals surface area contributed by atoms with Crippen LogP contribution in [0.1, 0.15) is 74.7 Å². The van der Waals surface area contributed by atoms with E-state index in [4.69, 9.17) is 4.74 Å². The minimum atomic E-state index is -0.258. The standard InChI is InChI=1S/C26H31NO3/c1-16-10-13-27-15-20(16)24(29)30-18-8-11-25(2)17(14-18)4-5-19-21-6-7-23(28)26(21,3)12-9-22(19)25/h4,6,10,13,15,18-19,22H,5,7-9,11-12,14H2,1-3H3. The summed E-state index contributed by atoms with van der Waals surface area (Å²) in [4.78, 5) is 29.3. The highest BCUT2D eigenvalue weighted by Crippen LogP contribution is 2.62. The highest BCUT2D eigenvalue weighted by atomic mass is 16.5. The van der Waals surface area contributed by atoms with Gasteiger partial charge in [0.15, 0.2) is 0 Å². The molecule has 0 spiro atoms. The van der Waals surface area contributed by atoms with Gasteiger partial charge in [0.05, 0.1) is 5.56 Å². The summed E-state index contributed by atoms with van der Waals surface area (Å²) in [6.07, 6.45) is 14.4. The van der Waals surface area contributed by atoms with Gasteiger partial charge in [-0.25, -0.2) is 4.79 Å². The SMILES string of the molecule is Cc1ccncc1C(=O)OC1CCC2(C)C(=CCC3C4=CCC(=O)C4(C)CCC32)C1. The molecule has 0 aliphatic heterocycles. The number of hydrogen-bond donors (Lipinski definition) is 0. The van der Waals surface area contributed by atoms with Crippen molar-refractivity contribution in [2.45, 2.75) is 71.8 Å². The van der Waals surface area contributed by atoms with Crippen molar-refractivity contribution in [3.63, 3.8) is 0 Å². The molecular weight excluding hydrogens is 374 g/mol. The van der Waals surface area contributed by atoms with Crippen molar-refractivity contribution in [3.8, 4) is 0 Å². The third kappa shape index (κ3) is 2.83. The zero-order valence-corrected chi connectivity index (χ0v) is 18.2. The molecule has 4 aliphatic rings. The number of pyridine rings is 1. The quantitative estimate of drug-likeness (QED) is 0.490. The van der Waals surface area contributed by atoms with Gasteiger partial charge in [0.2, 0.25) is 0 Å². The predicted molar refractivity (Wildman–Crippen MR) is 115 cm³/mol. The predicted octanol–water partition coefficient (Wildman–Crippen LogP) is 5.37. The second kappa shape index (κ2) is 6.90. The van der Waals surface area contributed by atoms with Crippen LogP contribution >= 0.6 is 0 Å². The van der Waals surface area contributed by atoms with E-state index in [1.807, 2.05) is 13.0 Å². The number of fused-ring (bicyclic) bond motifs is 5. The lowest BCUT2D eigenvalue weighted by Gasteiger charge is -2.55. The van der Waals surface area contributed by atoms with Gasteiger partial charge < -0.3 is 4.74 Å². The van der Waals surface area contributed by atoms with Gasteiger partial charge >= 0.3 is 5.97 Å². The Labute approximate surface area is 178 Å². The van der Waals surface area contributed by atoms with Gasteiger partial charge in [-0.15, -0.1) is 0 Å². The van der Waals surface area contributed by atoms with Crippen LogP contribution in [0.2, 0.25) is 0 Å². The second-order valence-corrected chi connectivity index (χ2v) is 10.2. The minimum absolute atomic E-state index is 0.0610. The molecule has 0 N–H and O–H groups in total. The van der Waals surface area contributed by atoms with Crippen LogP contribution < -0.4 is 0 Å². The zero-order chi connectivity index (χ0) is 21.1. The number of ether oxygens (including phenoxy) is 1. The summed E-state index contributed by atoms with van der Waals surface area (Å²) in [5, 5.41) is 0. The number of hydrogen-bond acceptors (Lipinski definition) is 4. The molecule has 1 aromatic heterocycles. The van der Waals surface area contributed by atoms with Gasteiger partial charge in [-0.05, 0) is 74.8 Å². The Morgan fingerprint density at radius 2 is 2.03 bits per heavy atom. The molecular formula is C26H31NO3. The highest BCUT2D eigenvalue weighted by molar-refractivity contribution is 5.92. The van der Waals surface area contributed by atoms with Crippen molar-refractivity contribution in [1.29, 1.82) is 0 Å². The first-order valence-electron chi connectivity index (χ1n) is 11.4. The summed E-state index contributed by atoms with van der Waals surface area (Å²) in [5.41, 5.74) is 4.29. The summed E-state index contributed by atoms with van der Waals surface area (Å²) >= 11 is 0. The molecule has 5 rings (SSSR count). The van der Waals surface area contributed by atoms with E-state index in [0.29, 0.717) is 29.6 Å². The molecule has 5 atom stereocenters. The average Bonchev–Trinajstić information content (AvgIpc) is 3.03. The maximum Gasteiger partial charge on any atom is 0.340 e. The Bertz CT molecular complexity index is 976. The number of nitrogens with zero attached hydrogens (tertiary/aromatic N) is 1. The van der Waals surface area contributed by atoms with Crippen LogP contribution in [0.3, 0.4) is 0 Å². The molecule has 1 heterocycles. The molecule has 2 fully saturated rings. The van der Waals surface area contributed by atoms with E-state index in [1.165, 1.54) is 11.1 Å². The fourth-order valence-corrected chi connectivity index (χ4v) is 6.78. The largest absolute Gasteiger partial charge is 0.458 e. The summed E-state index contributed by atoms with van der Waals surface area (Å²) in [7, 11) is 0. The van der Waals surface area contributed by atoms with Crippen molar-refractivity contribution in [2.75, 3.05) is 0 Å². The Morgan fingerprint density at radius 1 is 1.20 bits per heavy atom. The van der Waals surface area contributed by atoms with E-state index < -0.39 is 0 Å². The van der Waals surface area contributed by atoms with Crippen molar-refractivity contribution in [2.24, 2.45) is 22.7 Å². The summed E-state index contributed by atoms with van der Waals surface area (Å²) < 4.78 is 5.91. The lowest BCUT2D eigenvalue weighted by Crippen LogP contribution is -2.48. The summed E-state index contributed by atoms with van der Waals surface area (Å²) in [6, 6.07) is 1.84. The zero-order valence-electron chi connectivity index (χ0n) is 18.2. The number of aryl methyl sites for hydroxylation is 1. The van der Waals surface area contributed by atoms with Gasteiger partial charge in [-0.3, -0.25) is 9.78 Å². The average molecular weight is 406 g/mol. The topological polar surface area (TPSA) is 56.3 Å². The maximum atomic E-state index is 12.7. The molecule has 158 valence electrons. The van der Waals surface area contributed by atoms with Crippen LogP contribution in [0, 0.1) is 29.6 Å². The van der Waals surface area contributed by atoms with E-state index in [9.17, 15) is 9.59 Å². The molecule has 5 unspecified atom stereocenters. The Hall–Kier alpha value is -2.23. The molecule has 0 bridgehead atoms. The Kier molecular flexibility index (Phi) is 4.53. The summed E-state index contributed by atoms with van der Waals surface area (Å²) in [5.74, 6) is 1.25. The van der Waals surface area contributed by atoms with Crippen LogP contribution in [0.15, 0.2) is 41.8 Å². The number of aromatic nitrogens is 1. The van der Waals surface area contributed by atoms with Crippen molar-refractivity contribution in [1.82, 2.24) is 4.98 Å². The number of esters is 1. The first-order chi connectivity index (χ1) is 14.3. The van der Waals surface area contributed by atoms with Crippen molar-refractivity contribution in [3.05, 3.63) is 52.9 Å². The number of ketones is 1. The Morgan fingerprint density at radius 3 is 2.83 bits per heavy atom. The van der Waals surface area contributed by atoms with Gasteiger partial charge in [0.25, 0.3) is 0 Å². The lowest BCUT2D eigenvalue weighted by atomic mass is 9.49. The Balaban J connectivity index is 1.34. The molecule has 4 aliphatic carbocycles. The van der Waals surface area contributed by atoms with E-state index in [1.54, 1.807) is 12.4 Å². The maximum absolute atomic E-state index is 12.7. The monoisotopic (exact) mass is 405 g/mol. The smallest absolute Gasteiger partial charge is 0.340 e. The fourth-order valence-electron chi connectivity index (χ4n) is 6.78. The molecule has 0 saturated heterocycles. The number of allylic oxidation sites excluding steroid dienone is 3. The highest BCUT2D eigenvalue weighted by Gasteiger charge is 2.55. The van der Waals surface area contributed by atoms with Crippen LogP contribution in [-0.4, -0.2) is 22.8 Å². The van der Waals surface area contributed by atoms with Crippen molar-refractivity contribution >= 4 is 11.8 Å². The second-order valence-electron chi connectivity index (χ2n) is 10.2. The molecule has 0 radical (unpaired) electrons. The molecule has 1 aromatic rings. The minimum Gasteiger partial charge on any atom is -0.458 e. The molecule has 30 heavy (non-hydrogen) atoms. The summed E-state index contributed by atoms with van der Waals surface area (Å²) in [6.45, 7) is 6.50. The molecule has 4 nitrogen and oxygen atoms in total. The number of rotatable bonds is 2. The number of Topliss-reactive ketones (excluding diaryl/α,β-unsaturated/α-hetero) is 1.